The molecule has 8 aromatic carbocycles. The molecule has 2 heteroatoms. The first-order valence-electron chi connectivity index (χ1n) is 18.0. The van der Waals surface area contributed by atoms with Gasteiger partial charge in [-0.2, -0.15) is 0 Å². The van der Waals surface area contributed by atoms with Crippen molar-refractivity contribution in [1.29, 1.82) is 0 Å². The maximum atomic E-state index is 5.64. The Labute approximate surface area is 305 Å². The van der Waals surface area contributed by atoms with Gasteiger partial charge in [-0.3, -0.25) is 0 Å². The van der Waals surface area contributed by atoms with E-state index in [-0.39, 0.29) is 5.41 Å². The Balaban J connectivity index is 1.17. The molecular formula is C50H29NS. The van der Waals surface area contributed by atoms with Crippen LogP contribution in [0.25, 0.3) is 86.5 Å². The highest BCUT2D eigenvalue weighted by Gasteiger charge is 2.51. The van der Waals surface area contributed by atoms with Crippen molar-refractivity contribution in [3.63, 3.8) is 0 Å². The van der Waals surface area contributed by atoms with Gasteiger partial charge in [0.05, 0.1) is 16.6 Å². The Kier molecular flexibility index (Phi) is 5.65. The molecule has 0 N–H and O–H groups in total. The summed E-state index contributed by atoms with van der Waals surface area (Å²) in [5.74, 6) is 0. The molecule has 0 saturated carbocycles. The van der Waals surface area contributed by atoms with Crippen LogP contribution in [0.3, 0.4) is 0 Å². The number of thiophene rings is 1. The molecule has 2 aromatic heterocycles. The van der Waals surface area contributed by atoms with Crippen LogP contribution in [0.1, 0.15) is 22.3 Å². The fraction of sp³-hybridized carbons (Fsp3) is 0.0200. The fourth-order valence-corrected chi connectivity index (χ4v) is 10.7. The van der Waals surface area contributed by atoms with E-state index in [9.17, 15) is 0 Å². The van der Waals surface area contributed by atoms with Crippen molar-refractivity contribution in [2.24, 2.45) is 0 Å². The number of benzene rings is 8. The Hall–Kier alpha value is -6.35. The van der Waals surface area contributed by atoms with Crippen LogP contribution in [0.4, 0.5) is 0 Å². The van der Waals surface area contributed by atoms with Crippen molar-refractivity contribution in [1.82, 2.24) is 4.98 Å². The van der Waals surface area contributed by atoms with Gasteiger partial charge in [-0.15, -0.1) is 11.3 Å². The first kappa shape index (κ1) is 28.4. The van der Waals surface area contributed by atoms with Crippen LogP contribution >= 0.6 is 11.3 Å². The minimum Gasteiger partial charge on any atom is -0.247 e. The molecule has 52 heavy (non-hydrogen) atoms. The second-order valence-corrected chi connectivity index (χ2v) is 15.2. The number of pyridine rings is 1. The summed E-state index contributed by atoms with van der Waals surface area (Å²) in [7, 11) is 0. The smallest absolute Gasteiger partial charge is 0.0809 e. The van der Waals surface area contributed by atoms with E-state index >= 15 is 0 Å². The van der Waals surface area contributed by atoms with Crippen LogP contribution in [0.15, 0.2) is 176 Å². The Morgan fingerprint density at radius 2 is 0.981 bits per heavy atom. The topological polar surface area (TPSA) is 12.9 Å². The molecule has 2 aliphatic carbocycles. The normalized spacial score (nSPS) is 13.5. The van der Waals surface area contributed by atoms with E-state index in [4.69, 9.17) is 4.98 Å². The molecule has 1 nitrogen and oxygen atoms in total. The third-order valence-electron chi connectivity index (χ3n) is 11.7. The van der Waals surface area contributed by atoms with Gasteiger partial charge in [-0.25, -0.2) is 4.98 Å². The molecular weight excluding hydrogens is 647 g/mol. The summed E-state index contributed by atoms with van der Waals surface area (Å²) >= 11 is 1.86. The van der Waals surface area contributed by atoms with Gasteiger partial charge in [-0.1, -0.05) is 152 Å². The highest BCUT2D eigenvalue weighted by Crippen LogP contribution is 2.63. The molecule has 0 amide bonds. The van der Waals surface area contributed by atoms with Gasteiger partial charge in [0.1, 0.15) is 0 Å². The van der Waals surface area contributed by atoms with E-state index in [0.717, 1.165) is 16.8 Å². The number of hydrogen-bond acceptors (Lipinski definition) is 2. The van der Waals surface area contributed by atoms with Crippen molar-refractivity contribution in [3.8, 4) is 44.6 Å². The van der Waals surface area contributed by atoms with Gasteiger partial charge in [-0.05, 0) is 90.7 Å². The average molecular weight is 676 g/mol. The fourth-order valence-electron chi connectivity index (χ4n) is 9.58. The molecule has 12 rings (SSSR count). The van der Waals surface area contributed by atoms with Crippen molar-refractivity contribution >= 4 is 53.2 Å². The second kappa shape index (κ2) is 10.4. The number of rotatable bonds is 2. The van der Waals surface area contributed by atoms with E-state index in [2.05, 4.69) is 176 Å². The van der Waals surface area contributed by atoms with Crippen molar-refractivity contribution < 1.29 is 0 Å². The Bertz CT molecular complexity index is 3090. The van der Waals surface area contributed by atoms with E-state index in [0.29, 0.717) is 0 Å². The second-order valence-electron chi connectivity index (χ2n) is 14.2. The molecule has 0 bridgehead atoms. The lowest BCUT2D eigenvalue weighted by atomic mass is 9.70. The van der Waals surface area contributed by atoms with Crippen LogP contribution in [0.2, 0.25) is 0 Å². The molecule has 1 spiro atoms. The van der Waals surface area contributed by atoms with Crippen LogP contribution in [-0.4, -0.2) is 4.98 Å². The first-order valence-corrected chi connectivity index (χ1v) is 18.8. The average Bonchev–Trinajstić information content (AvgIpc) is 3.85. The van der Waals surface area contributed by atoms with Crippen LogP contribution in [0.5, 0.6) is 0 Å². The lowest BCUT2D eigenvalue weighted by Gasteiger charge is -2.30. The van der Waals surface area contributed by atoms with E-state index in [1.165, 1.54) is 92.0 Å². The van der Waals surface area contributed by atoms with Crippen LogP contribution in [-0.2, 0) is 5.41 Å². The molecule has 0 unspecified atom stereocenters. The largest absolute Gasteiger partial charge is 0.247 e. The Morgan fingerprint density at radius 3 is 1.73 bits per heavy atom. The van der Waals surface area contributed by atoms with Gasteiger partial charge in [0, 0.05) is 31.1 Å². The summed E-state index contributed by atoms with van der Waals surface area (Å²) in [6, 6.07) is 65.2. The molecule has 2 aliphatic rings. The number of fused-ring (bicyclic) bond motifs is 17. The summed E-state index contributed by atoms with van der Waals surface area (Å²) in [5.41, 5.74) is 15.9. The molecule has 10 aromatic rings. The molecule has 0 atom stereocenters. The summed E-state index contributed by atoms with van der Waals surface area (Å²) in [6.07, 6.45) is 0. The van der Waals surface area contributed by atoms with E-state index in [1.807, 2.05) is 11.3 Å². The maximum Gasteiger partial charge on any atom is 0.0809 e. The Morgan fingerprint density at radius 1 is 0.385 bits per heavy atom. The minimum absolute atomic E-state index is 0.355. The minimum atomic E-state index is -0.355. The van der Waals surface area contributed by atoms with Gasteiger partial charge < -0.3 is 0 Å². The third kappa shape index (κ3) is 3.59. The summed E-state index contributed by atoms with van der Waals surface area (Å²) in [6.45, 7) is 0. The SMILES string of the molecule is c1ccc(-c2cc(-c3ccc4c(c3)-c3ccccc3C43c4ccccc4-c4ccccc43)nc3c2ccc2sc4ccc5ccccc5c4c23)cc1. The van der Waals surface area contributed by atoms with Crippen LogP contribution < -0.4 is 0 Å². The summed E-state index contributed by atoms with van der Waals surface area (Å²) in [4.78, 5) is 5.64. The summed E-state index contributed by atoms with van der Waals surface area (Å²) in [5, 5.41) is 6.27. The third-order valence-corrected chi connectivity index (χ3v) is 12.8. The molecule has 240 valence electrons. The zero-order chi connectivity index (χ0) is 34.0. The van der Waals surface area contributed by atoms with Gasteiger partial charge in [0.25, 0.3) is 0 Å². The monoisotopic (exact) mass is 675 g/mol. The molecule has 0 fully saturated rings. The van der Waals surface area contributed by atoms with Crippen molar-refractivity contribution in [2.45, 2.75) is 5.41 Å². The molecule has 0 radical (unpaired) electrons. The lowest BCUT2D eigenvalue weighted by molar-refractivity contribution is 0.794. The molecule has 2 heterocycles. The summed E-state index contributed by atoms with van der Waals surface area (Å²) < 4.78 is 2.57. The molecule has 0 aliphatic heterocycles. The van der Waals surface area contributed by atoms with Crippen molar-refractivity contribution in [3.05, 3.63) is 198 Å². The van der Waals surface area contributed by atoms with Gasteiger partial charge >= 0.3 is 0 Å². The van der Waals surface area contributed by atoms with Gasteiger partial charge in [0.15, 0.2) is 0 Å². The van der Waals surface area contributed by atoms with Crippen LogP contribution in [0, 0.1) is 0 Å². The van der Waals surface area contributed by atoms with Gasteiger partial charge in [0.2, 0.25) is 0 Å². The maximum absolute atomic E-state index is 5.64. The molecule has 0 saturated heterocycles. The predicted octanol–water partition coefficient (Wildman–Crippen LogP) is 13.4. The quantitative estimate of drug-likeness (QED) is 0.178. The number of hydrogen-bond donors (Lipinski definition) is 0. The standard InChI is InChI=1S/C50H29NS/c1-2-12-30(13-3-1)38-29-44(51-49-37(38)24-27-46-48(49)47-33-15-5-4-14-31(33)23-26-45(47)52-46)32-22-25-43-39(28-32)36-18-8-11-21-42(36)50(43)40-19-9-6-16-34(40)35-17-7-10-20-41(35)50/h1-29H. The number of aromatic nitrogens is 1. The van der Waals surface area contributed by atoms with E-state index < -0.39 is 0 Å². The zero-order valence-electron chi connectivity index (χ0n) is 28.1. The van der Waals surface area contributed by atoms with E-state index in [1.54, 1.807) is 0 Å². The predicted molar refractivity (Wildman–Crippen MR) is 219 cm³/mol. The zero-order valence-corrected chi connectivity index (χ0v) is 28.9. The number of nitrogens with zero attached hydrogens (tertiary/aromatic N) is 1. The lowest BCUT2D eigenvalue weighted by Crippen LogP contribution is -2.25. The highest BCUT2D eigenvalue weighted by molar-refractivity contribution is 7.26. The van der Waals surface area contributed by atoms with Crippen molar-refractivity contribution in [2.75, 3.05) is 0 Å². The highest BCUT2D eigenvalue weighted by atomic mass is 32.1. The first-order chi connectivity index (χ1) is 25.8.